The van der Waals surface area contributed by atoms with Gasteiger partial charge in [0, 0.05) is 24.2 Å². The van der Waals surface area contributed by atoms with E-state index in [0.717, 1.165) is 36.0 Å². The zero-order chi connectivity index (χ0) is 20.1. The molecular formula is C21H21FN4O2S. The van der Waals surface area contributed by atoms with Crippen molar-refractivity contribution in [3.63, 3.8) is 0 Å². The Bertz CT molecular complexity index is 994. The van der Waals surface area contributed by atoms with Gasteiger partial charge in [-0.1, -0.05) is 23.9 Å². The maximum Gasteiger partial charge on any atom is 0.230 e. The minimum absolute atomic E-state index is 0.0738. The molecule has 0 spiro atoms. The lowest BCUT2D eigenvalue weighted by Crippen LogP contribution is -2.32. The summed E-state index contributed by atoms with van der Waals surface area (Å²) >= 11 is 1.28. The van der Waals surface area contributed by atoms with E-state index in [-0.39, 0.29) is 23.6 Å². The molecule has 1 unspecified atom stereocenters. The first-order valence-electron chi connectivity index (χ1n) is 9.48. The minimum Gasteiger partial charge on any atom is -0.376 e. The highest BCUT2D eigenvalue weighted by Gasteiger charge is 2.16. The van der Waals surface area contributed by atoms with Gasteiger partial charge in [-0.25, -0.2) is 14.4 Å². The van der Waals surface area contributed by atoms with Gasteiger partial charge in [0.25, 0.3) is 0 Å². The lowest BCUT2D eigenvalue weighted by molar-refractivity contribution is -0.119. The second-order valence-corrected chi connectivity index (χ2v) is 7.67. The topological polar surface area (TPSA) is 76.1 Å². The predicted molar refractivity (Wildman–Crippen MR) is 112 cm³/mol. The average Bonchev–Trinajstić information content (AvgIpc) is 3.26. The van der Waals surface area contributed by atoms with Crippen LogP contribution < -0.4 is 10.6 Å². The molecule has 2 N–H and O–H groups in total. The molecule has 0 radical (unpaired) electrons. The van der Waals surface area contributed by atoms with Crippen molar-refractivity contribution in [2.45, 2.75) is 24.1 Å². The molecule has 1 saturated heterocycles. The summed E-state index contributed by atoms with van der Waals surface area (Å²) in [6, 6.07) is 13.7. The summed E-state index contributed by atoms with van der Waals surface area (Å²) in [6.45, 7) is 1.30. The maximum atomic E-state index is 13.2. The van der Waals surface area contributed by atoms with Crippen molar-refractivity contribution < 1.29 is 13.9 Å². The Morgan fingerprint density at radius 2 is 2.00 bits per heavy atom. The molecule has 29 heavy (non-hydrogen) atoms. The van der Waals surface area contributed by atoms with E-state index in [1.54, 1.807) is 12.1 Å². The predicted octanol–water partition coefficient (Wildman–Crippen LogP) is 3.90. The largest absolute Gasteiger partial charge is 0.376 e. The van der Waals surface area contributed by atoms with Crippen LogP contribution in [0.4, 0.5) is 15.9 Å². The van der Waals surface area contributed by atoms with Crippen LogP contribution in [0.5, 0.6) is 0 Å². The van der Waals surface area contributed by atoms with E-state index in [1.165, 1.54) is 23.9 Å². The molecule has 3 aromatic rings. The van der Waals surface area contributed by atoms with Crippen LogP contribution in [0, 0.1) is 5.82 Å². The molecule has 1 fully saturated rings. The molecule has 6 nitrogen and oxygen atoms in total. The van der Waals surface area contributed by atoms with Gasteiger partial charge in [-0.2, -0.15) is 0 Å². The molecule has 1 aliphatic heterocycles. The fraction of sp³-hybridized carbons (Fsp3) is 0.286. The number of anilines is 2. The molecule has 1 aliphatic rings. The van der Waals surface area contributed by atoms with E-state index >= 15 is 0 Å². The van der Waals surface area contributed by atoms with Gasteiger partial charge in [-0.05, 0) is 49.2 Å². The van der Waals surface area contributed by atoms with E-state index in [0.29, 0.717) is 17.5 Å². The summed E-state index contributed by atoms with van der Waals surface area (Å²) in [5, 5.41) is 7.47. The van der Waals surface area contributed by atoms with Crippen molar-refractivity contribution in [1.82, 2.24) is 15.3 Å². The summed E-state index contributed by atoms with van der Waals surface area (Å²) < 4.78 is 18.7. The quantitative estimate of drug-likeness (QED) is 0.453. The molecule has 1 amide bonds. The smallest absolute Gasteiger partial charge is 0.230 e. The highest BCUT2D eigenvalue weighted by Crippen LogP contribution is 2.27. The van der Waals surface area contributed by atoms with Gasteiger partial charge in [0.05, 0.1) is 17.4 Å². The number of amides is 1. The fourth-order valence-corrected chi connectivity index (χ4v) is 3.78. The zero-order valence-electron chi connectivity index (χ0n) is 15.7. The Labute approximate surface area is 172 Å². The first-order chi connectivity index (χ1) is 14.2. The highest BCUT2D eigenvalue weighted by molar-refractivity contribution is 7.99. The average molecular weight is 412 g/mol. The zero-order valence-corrected chi connectivity index (χ0v) is 16.5. The van der Waals surface area contributed by atoms with Crippen molar-refractivity contribution in [2.75, 3.05) is 24.2 Å². The number of aromatic nitrogens is 2. The van der Waals surface area contributed by atoms with E-state index in [2.05, 4.69) is 20.6 Å². The summed E-state index contributed by atoms with van der Waals surface area (Å²) in [6.07, 6.45) is 2.15. The second kappa shape index (κ2) is 9.19. The Morgan fingerprint density at radius 1 is 1.17 bits per heavy atom. The number of rotatable bonds is 7. The highest BCUT2D eigenvalue weighted by atomic mass is 32.2. The van der Waals surface area contributed by atoms with Crippen LogP contribution in [0.2, 0.25) is 0 Å². The number of nitrogens with one attached hydrogen (secondary N) is 2. The third kappa shape index (κ3) is 5.21. The normalized spacial score (nSPS) is 16.1. The van der Waals surface area contributed by atoms with Crippen LogP contribution >= 0.6 is 11.8 Å². The number of hydrogen-bond acceptors (Lipinski definition) is 6. The monoisotopic (exact) mass is 412 g/mol. The van der Waals surface area contributed by atoms with E-state index in [4.69, 9.17) is 4.74 Å². The van der Waals surface area contributed by atoms with Crippen LogP contribution in [0.3, 0.4) is 0 Å². The molecule has 1 aromatic heterocycles. The number of benzene rings is 2. The van der Waals surface area contributed by atoms with E-state index in [1.807, 2.05) is 24.3 Å². The van der Waals surface area contributed by atoms with Crippen molar-refractivity contribution in [1.29, 1.82) is 0 Å². The van der Waals surface area contributed by atoms with Gasteiger partial charge in [-0.3, -0.25) is 4.79 Å². The Balaban J connectivity index is 1.46. The minimum atomic E-state index is -0.298. The van der Waals surface area contributed by atoms with Crippen molar-refractivity contribution in [3.8, 4) is 0 Å². The Morgan fingerprint density at radius 3 is 2.79 bits per heavy atom. The standard InChI is InChI=1S/C21H21FN4O2S/c22-14-7-9-15(10-8-14)24-20-17-5-1-2-6-18(17)25-21(26-20)29-13-19(27)23-12-16-4-3-11-28-16/h1-2,5-10,16H,3-4,11-13H2,(H,23,27)(H,24,25,26). The summed E-state index contributed by atoms with van der Waals surface area (Å²) in [5.41, 5.74) is 1.50. The molecule has 150 valence electrons. The van der Waals surface area contributed by atoms with Gasteiger partial charge in [0.1, 0.15) is 11.6 Å². The van der Waals surface area contributed by atoms with E-state index in [9.17, 15) is 9.18 Å². The Kier molecular flexibility index (Phi) is 6.21. The first kappa shape index (κ1) is 19.6. The van der Waals surface area contributed by atoms with Crippen molar-refractivity contribution in [2.24, 2.45) is 0 Å². The number of nitrogens with zero attached hydrogens (tertiary/aromatic N) is 2. The van der Waals surface area contributed by atoms with E-state index < -0.39 is 0 Å². The summed E-state index contributed by atoms with van der Waals surface area (Å²) in [7, 11) is 0. The third-order valence-electron chi connectivity index (χ3n) is 4.57. The number of halogens is 1. The maximum absolute atomic E-state index is 13.2. The lowest BCUT2D eigenvalue weighted by Gasteiger charge is -2.12. The van der Waals surface area contributed by atoms with Gasteiger partial charge in [0.15, 0.2) is 5.16 Å². The van der Waals surface area contributed by atoms with Crippen LogP contribution in [0.1, 0.15) is 12.8 Å². The number of carbonyl (C=O) groups excluding carboxylic acids is 1. The summed E-state index contributed by atoms with van der Waals surface area (Å²) in [5.74, 6) is 0.467. The van der Waals surface area contributed by atoms with Gasteiger partial charge in [0.2, 0.25) is 5.91 Å². The molecule has 2 heterocycles. The summed E-state index contributed by atoms with van der Waals surface area (Å²) in [4.78, 5) is 21.3. The van der Waals surface area contributed by atoms with Crippen LogP contribution in [0.25, 0.3) is 10.9 Å². The van der Waals surface area contributed by atoms with Crippen molar-refractivity contribution in [3.05, 3.63) is 54.3 Å². The lowest BCUT2D eigenvalue weighted by atomic mass is 10.2. The number of fused-ring (bicyclic) bond motifs is 1. The third-order valence-corrected chi connectivity index (χ3v) is 5.42. The molecule has 2 aromatic carbocycles. The molecule has 8 heteroatoms. The molecule has 0 bridgehead atoms. The molecule has 0 aliphatic carbocycles. The molecule has 1 atom stereocenters. The van der Waals surface area contributed by atoms with Gasteiger partial charge in [-0.15, -0.1) is 0 Å². The molecule has 0 saturated carbocycles. The second-order valence-electron chi connectivity index (χ2n) is 6.73. The first-order valence-corrected chi connectivity index (χ1v) is 10.5. The van der Waals surface area contributed by atoms with Gasteiger partial charge < -0.3 is 15.4 Å². The number of ether oxygens (including phenoxy) is 1. The molecule has 4 rings (SSSR count). The number of carbonyl (C=O) groups is 1. The van der Waals surface area contributed by atoms with Crippen LogP contribution in [-0.2, 0) is 9.53 Å². The van der Waals surface area contributed by atoms with Crippen molar-refractivity contribution >= 4 is 40.1 Å². The van der Waals surface area contributed by atoms with Gasteiger partial charge >= 0.3 is 0 Å². The molecular weight excluding hydrogens is 391 g/mol. The SMILES string of the molecule is O=C(CSc1nc(Nc2ccc(F)cc2)c2ccccc2n1)NCC1CCCO1. The number of para-hydroxylation sites is 1. The Hall–Kier alpha value is -2.71. The number of thioether (sulfide) groups is 1. The fourth-order valence-electron chi connectivity index (χ4n) is 3.10. The number of hydrogen-bond donors (Lipinski definition) is 2. The van der Waals surface area contributed by atoms with Crippen LogP contribution in [0.15, 0.2) is 53.7 Å². The van der Waals surface area contributed by atoms with Crippen LogP contribution in [-0.4, -0.2) is 40.9 Å².